The highest BCUT2D eigenvalue weighted by Crippen LogP contribution is 2.44. The molecule has 78 valence electrons. The highest BCUT2D eigenvalue weighted by molar-refractivity contribution is 5.22. The summed E-state index contributed by atoms with van der Waals surface area (Å²) >= 11 is 0. The standard InChI is InChI=1S/C10H10F4/c1-2-9(11,12)10(13,14)8-6-4-3-5-7-8/h3-7H,2H2,1H3. The second-order valence-electron chi connectivity index (χ2n) is 3.00. The van der Waals surface area contributed by atoms with E-state index in [1.165, 1.54) is 18.2 Å². The van der Waals surface area contributed by atoms with Crippen molar-refractivity contribution >= 4 is 0 Å². The zero-order chi connectivity index (χ0) is 10.8. The van der Waals surface area contributed by atoms with Crippen LogP contribution < -0.4 is 0 Å². The van der Waals surface area contributed by atoms with Crippen molar-refractivity contribution in [2.75, 3.05) is 0 Å². The highest BCUT2D eigenvalue weighted by Gasteiger charge is 2.55. The monoisotopic (exact) mass is 206 g/mol. The third kappa shape index (κ3) is 1.74. The van der Waals surface area contributed by atoms with Crippen molar-refractivity contribution < 1.29 is 17.6 Å². The number of benzene rings is 1. The normalized spacial score (nSPS) is 12.9. The van der Waals surface area contributed by atoms with Crippen molar-refractivity contribution in [3.05, 3.63) is 35.9 Å². The van der Waals surface area contributed by atoms with E-state index in [0.29, 0.717) is 0 Å². The Bertz CT molecular complexity index is 292. The van der Waals surface area contributed by atoms with E-state index in [1.807, 2.05) is 0 Å². The SMILES string of the molecule is CCC(F)(F)C(F)(F)c1ccccc1. The second-order valence-corrected chi connectivity index (χ2v) is 3.00. The van der Waals surface area contributed by atoms with E-state index in [-0.39, 0.29) is 0 Å². The molecule has 1 aromatic carbocycles. The smallest absolute Gasteiger partial charge is 0.200 e. The third-order valence-electron chi connectivity index (χ3n) is 2.04. The number of halogens is 4. The summed E-state index contributed by atoms with van der Waals surface area (Å²) in [6, 6.07) is 6.14. The molecule has 0 N–H and O–H groups in total. The maximum atomic E-state index is 13.2. The van der Waals surface area contributed by atoms with Gasteiger partial charge >= 0.3 is 11.8 Å². The maximum Gasteiger partial charge on any atom is 0.335 e. The van der Waals surface area contributed by atoms with E-state index < -0.39 is 23.8 Å². The first kappa shape index (κ1) is 11.0. The van der Waals surface area contributed by atoms with Crippen molar-refractivity contribution in [3.63, 3.8) is 0 Å². The van der Waals surface area contributed by atoms with E-state index in [1.54, 1.807) is 0 Å². The Hall–Kier alpha value is -1.06. The van der Waals surface area contributed by atoms with Crippen LogP contribution in [0.1, 0.15) is 18.9 Å². The summed E-state index contributed by atoms with van der Waals surface area (Å²) in [6.07, 6.45) is -0.880. The number of alkyl halides is 4. The molecule has 0 saturated heterocycles. The van der Waals surface area contributed by atoms with Gasteiger partial charge in [-0.15, -0.1) is 0 Å². The molecular formula is C10H10F4. The first-order chi connectivity index (χ1) is 6.42. The molecule has 0 atom stereocenters. The lowest BCUT2D eigenvalue weighted by Gasteiger charge is -2.25. The van der Waals surface area contributed by atoms with E-state index in [2.05, 4.69) is 0 Å². The lowest BCUT2D eigenvalue weighted by atomic mass is 10.0. The Morgan fingerprint density at radius 1 is 1.00 bits per heavy atom. The molecule has 0 nitrogen and oxygen atoms in total. The van der Waals surface area contributed by atoms with Gasteiger partial charge in [-0.2, -0.15) is 17.6 Å². The van der Waals surface area contributed by atoms with Gasteiger partial charge < -0.3 is 0 Å². The maximum absolute atomic E-state index is 13.2. The van der Waals surface area contributed by atoms with Crippen LogP contribution >= 0.6 is 0 Å². The zero-order valence-electron chi connectivity index (χ0n) is 7.61. The summed E-state index contributed by atoms with van der Waals surface area (Å²) in [5.41, 5.74) is -0.646. The largest absolute Gasteiger partial charge is 0.335 e. The van der Waals surface area contributed by atoms with Crippen LogP contribution in [0.25, 0.3) is 0 Å². The molecule has 0 aromatic heterocycles. The van der Waals surface area contributed by atoms with Crippen molar-refractivity contribution in [1.29, 1.82) is 0 Å². The number of hydrogen-bond acceptors (Lipinski definition) is 0. The molecule has 0 unspecified atom stereocenters. The van der Waals surface area contributed by atoms with Crippen molar-refractivity contribution in [3.8, 4) is 0 Å². The van der Waals surface area contributed by atoms with Crippen LogP contribution in [0, 0.1) is 0 Å². The summed E-state index contributed by atoms with van der Waals surface area (Å²) in [5.74, 6) is -8.09. The lowest BCUT2D eigenvalue weighted by molar-refractivity contribution is -0.217. The van der Waals surface area contributed by atoms with Crippen LogP contribution in [0.5, 0.6) is 0 Å². The number of rotatable bonds is 3. The van der Waals surface area contributed by atoms with Crippen LogP contribution in [0.4, 0.5) is 17.6 Å². The second kappa shape index (κ2) is 3.59. The van der Waals surface area contributed by atoms with E-state index in [4.69, 9.17) is 0 Å². The molecule has 0 saturated carbocycles. The highest BCUT2D eigenvalue weighted by atomic mass is 19.3. The summed E-state index contributed by atoms with van der Waals surface area (Å²) in [5, 5.41) is 0. The molecule has 0 radical (unpaired) electrons. The zero-order valence-corrected chi connectivity index (χ0v) is 7.61. The molecule has 0 fully saturated rings. The van der Waals surface area contributed by atoms with Crippen molar-refractivity contribution in [2.24, 2.45) is 0 Å². The predicted molar refractivity (Wildman–Crippen MR) is 45.6 cm³/mol. The van der Waals surface area contributed by atoms with Crippen molar-refractivity contribution in [1.82, 2.24) is 0 Å². The van der Waals surface area contributed by atoms with E-state index in [9.17, 15) is 17.6 Å². The van der Waals surface area contributed by atoms with Gasteiger partial charge in [0.05, 0.1) is 0 Å². The van der Waals surface area contributed by atoms with Gasteiger partial charge in [-0.3, -0.25) is 0 Å². The minimum Gasteiger partial charge on any atom is -0.200 e. The first-order valence-corrected chi connectivity index (χ1v) is 4.23. The van der Waals surface area contributed by atoms with Gasteiger partial charge in [-0.05, 0) is 0 Å². The minimum absolute atomic E-state index is 0.646. The molecule has 14 heavy (non-hydrogen) atoms. The summed E-state index contributed by atoms with van der Waals surface area (Å²) < 4.78 is 52.1. The van der Waals surface area contributed by atoms with Crippen LogP contribution in [-0.2, 0) is 5.92 Å². The van der Waals surface area contributed by atoms with E-state index >= 15 is 0 Å². The fourth-order valence-electron chi connectivity index (χ4n) is 1.08. The molecule has 0 aliphatic carbocycles. The Morgan fingerprint density at radius 3 is 1.93 bits per heavy atom. The summed E-state index contributed by atoms with van der Waals surface area (Å²) in [4.78, 5) is 0. The fourth-order valence-corrected chi connectivity index (χ4v) is 1.08. The third-order valence-corrected chi connectivity index (χ3v) is 2.04. The van der Waals surface area contributed by atoms with Gasteiger partial charge in [-0.1, -0.05) is 37.3 Å². The molecule has 1 aromatic rings. The average Bonchev–Trinajstić information content (AvgIpc) is 2.19. The van der Waals surface area contributed by atoms with Crippen molar-refractivity contribution in [2.45, 2.75) is 25.2 Å². The summed E-state index contributed by atoms with van der Waals surface area (Å²) in [7, 11) is 0. The molecule has 4 heteroatoms. The Kier molecular flexibility index (Phi) is 2.83. The molecule has 0 heterocycles. The topological polar surface area (TPSA) is 0 Å². The molecular weight excluding hydrogens is 196 g/mol. The molecule has 0 amide bonds. The van der Waals surface area contributed by atoms with Gasteiger partial charge in [0.15, 0.2) is 0 Å². The lowest BCUT2D eigenvalue weighted by Crippen LogP contribution is -2.37. The van der Waals surface area contributed by atoms with Gasteiger partial charge in [0.1, 0.15) is 0 Å². The molecule has 0 aliphatic heterocycles. The van der Waals surface area contributed by atoms with Crippen LogP contribution in [-0.4, -0.2) is 5.92 Å². The average molecular weight is 206 g/mol. The van der Waals surface area contributed by atoms with Crippen LogP contribution in [0.2, 0.25) is 0 Å². The quantitative estimate of drug-likeness (QED) is 0.659. The minimum atomic E-state index is -4.09. The van der Waals surface area contributed by atoms with Gasteiger partial charge in [0.25, 0.3) is 0 Å². The van der Waals surface area contributed by atoms with Gasteiger partial charge in [-0.25, -0.2) is 0 Å². The predicted octanol–water partition coefficient (Wildman–Crippen LogP) is 3.82. The summed E-state index contributed by atoms with van der Waals surface area (Å²) in [6.45, 7) is 1.04. The Labute approximate surface area is 79.6 Å². The molecule has 0 bridgehead atoms. The molecule has 0 aliphatic rings. The first-order valence-electron chi connectivity index (χ1n) is 4.23. The Balaban J connectivity index is 3.08. The van der Waals surface area contributed by atoms with Crippen LogP contribution in [0.3, 0.4) is 0 Å². The number of hydrogen-bond donors (Lipinski definition) is 0. The van der Waals surface area contributed by atoms with Crippen LogP contribution in [0.15, 0.2) is 30.3 Å². The Morgan fingerprint density at radius 2 is 1.50 bits per heavy atom. The fraction of sp³-hybridized carbons (Fsp3) is 0.400. The van der Waals surface area contributed by atoms with E-state index in [0.717, 1.165) is 19.1 Å². The van der Waals surface area contributed by atoms with Gasteiger partial charge in [0.2, 0.25) is 0 Å². The van der Waals surface area contributed by atoms with Gasteiger partial charge in [0, 0.05) is 12.0 Å². The molecule has 0 spiro atoms. The molecule has 1 rings (SSSR count).